The van der Waals surface area contributed by atoms with E-state index in [9.17, 15) is 4.39 Å². The number of hydrogen-bond acceptors (Lipinski definition) is 4. The van der Waals surface area contributed by atoms with E-state index in [-0.39, 0.29) is 11.1 Å². The van der Waals surface area contributed by atoms with E-state index in [2.05, 4.69) is 17.1 Å². The monoisotopic (exact) mass is 357 g/mol. The molecule has 4 nitrogen and oxygen atoms in total. The zero-order chi connectivity index (χ0) is 17.8. The molecule has 130 valence electrons. The number of para-hydroxylation sites is 1. The second kappa shape index (κ2) is 7.70. The van der Waals surface area contributed by atoms with Crippen LogP contribution in [0.1, 0.15) is 24.2 Å². The lowest BCUT2D eigenvalue weighted by Gasteiger charge is -2.14. The third-order valence-electron chi connectivity index (χ3n) is 4.04. The molecule has 0 saturated carbocycles. The van der Waals surface area contributed by atoms with Gasteiger partial charge >= 0.3 is 0 Å². The van der Waals surface area contributed by atoms with Gasteiger partial charge in [-0.05, 0) is 36.2 Å². The molecule has 0 radical (unpaired) electrons. The number of thioether (sulfide) groups is 1. The highest BCUT2D eigenvalue weighted by atomic mass is 32.2. The molecular weight excluding hydrogens is 337 g/mol. The van der Waals surface area contributed by atoms with Gasteiger partial charge < -0.3 is 9.30 Å². The lowest BCUT2D eigenvalue weighted by Crippen LogP contribution is -1.99. The van der Waals surface area contributed by atoms with E-state index < -0.39 is 0 Å². The zero-order valence-corrected chi connectivity index (χ0v) is 15.3. The van der Waals surface area contributed by atoms with Crippen LogP contribution in [0.4, 0.5) is 4.39 Å². The van der Waals surface area contributed by atoms with Crippen molar-refractivity contribution < 1.29 is 9.13 Å². The normalized spacial score (nSPS) is 12.2. The fourth-order valence-electron chi connectivity index (χ4n) is 2.67. The average molecular weight is 357 g/mol. The predicted molar refractivity (Wildman–Crippen MR) is 98.3 cm³/mol. The van der Waals surface area contributed by atoms with Crippen LogP contribution in [0.5, 0.6) is 5.75 Å². The van der Waals surface area contributed by atoms with E-state index in [0.29, 0.717) is 0 Å². The van der Waals surface area contributed by atoms with Crippen molar-refractivity contribution in [3.63, 3.8) is 0 Å². The van der Waals surface area contributed by atoms with Crippen molar-refractivity contribution in [3.8, 4) is 17.1 Å². The Hall–Kier alpha value is -2.34. The highest BCUT2D eigenvalue weighted by molar-refractivity contribution is 7.99. The lowest BCUT2D eigenvalue weighted by molar-refractivity contribution is 0.416. The van der Waals surface area contributed by atoms with E-state index in [0.717, 1.165) is 34.3 Å². The number of nitrogens with zero attached hydrogens (tertiary/aromatic N) is 3. The number of hydrogen-bond donors (Lipinski definition) is 0. The molecule has 2 aromatic carbocycles. The molecule has 0 spiro atoms. The van der Waals surface area contributed by atoms with Crippen LogP contribution >= 0.6 is 11.8 Å². The van der Waals surface area contributed by atoms with E-state index in [1.54, 1.807) is 18.9 Å². The summed E-state index contributed by atoms with van der Waals surface area (Å²) >= 11 is 1.63. The van der Waals surface area contributed by atoms with Gasteiger partial charge in [0.05, 0.1) is 12.7 Å². The first-order valence-corrected chi connectivity index (χ1v) is 8.97. The summed E-state index contributed by atoms with van der Waals surface area (Å²) < 4.78 is 20.6. The smallest absolute Gasteiger partial charge is 0.191 e. The van der Waals surface area contributed by atoms with Crippen molar-refractivity contribution in [2.24, 2.45) is 7.05 Å². The number of rotatable bonds is 6. The quantitative estimate of drug-likeness (QED) is 0.590. The third-order valence-corrected chi connectivity index (χ3v) is 5.50. The van der Waals surface area contributed by atoms with Crippen LogP contribution in [-0.2, 0) is 7.05 Å². The molecule has 0 aliphatic rings. The summed E-state index contributed by atoms with van der Waals surface area (Å²) in [7, 11) is 3.59. The van der Waals surface area contributed by atoms with Crippen LogP contribution in [-0.4, -0.2) is 21.9 Å². The standard InChI is InChI=1S/C19H20FN3OS/c1-4-17(13-9-11-14(20)12-10-13)25-19-22-21-18(23(19)2)15-7-5-6-8-16(15)24-3/h5-12,17H,4H2,1-3H3/t17-/m0/s1. The number of aromatic nitrogens is 3. The molecule has 0 aliphatic carbocycles. The van der Waals surface area contributed by atoms with Gasteiger partial charge in [0.1, 0.15) is 11.6 Å². The predicted octanol–water partition coefficient (Wildman–Crippen LogP) is 4.87. The summed E-state index contributed by atoms with van der Waals surface area (Å²) in [6, 6.07) is 14.4. The summed E-state index contributed by atoms with van der Waals surface area (Å²) in [4.78, 5) is 0. The van der Waals surface area contributed by atoms with Crippen molar-refractivity contribution >= 4 is 11.8 Å². The van der Waals surface area contributed by atoms with Crippen molar-refractivity contribution in [1.82, 2.24) is 14.8 Å². The molecule has 1 aromatic heterocycles. The lowest BCUT2D eigenvalue weighted by atomic mass is 10.1. The number of benzene rings is 2. The van der Waals surface area contributed by atoms with Crippen LogP contribution < -0.4 is 4.74 Å². The van der Waals surface area contributed by atoms with E-state index in [1.807, 2.05) is 48.0 Å². The zero-order valence-electron chi connectivity index (χ0n) is 14.4. The Balaban J connectivity index is 1.89. The van der Waals surface area contributed by atoms with Crippen LogP contribution in [0, 0.1) is 5.82 Å². The maximum atomic E-state index is 13.2. The molecule has 0 unspecified atom stereocenters. The minimum Gasteiger partial charge on any atom is -0.496 e. The van der Waals surface area contributed by atoms with Crippen LogP contribution in [0.25, 0.3) is 11.4 Å². The SMILES string of the molecule is CC[C@H](Sc1nnc(-c2ccccc2OC)n1C)c1ccc(F)cc1. The van der Waals surface area contributed by atoms with Gasteiger partial charge in [-0.15, -0.1) is 10.2 Å². The number of ether oxygens (including phenoxy) is 1. The van der Waals surface area contributed by atoms with Gasteiger partial charge in [-0.1, -0.05) is 43.0 Å². The van der Waals surface area contributed by atoms with Gasteiger partial charge in [0.15, 0.2) is 11.0 Å². The highest BCUT2D eigenvalue weighted by Crippen LogP contribution is 2.38. The fourth-order valence-corrected chi connectivity index (χ4v) is 3.72. The molecule has 0 fully saturated rings. The summed E-state index contributed by atoms with van der Waals surface area (Å²) in [6.45, 7) is 2.11. The first-order chi connectivity index (χ1) is 12.1. The second-order valence-corrected chi connectivity index (χ2v) is 6.80. The Bertz CT molecular complexity index is 848. The summed E-state index contributed by atoms with van der Waals surface area (Å²) in [6.07, 6.45) is 0.910. The molecule has 0 saturated heterocycles. The Labute approximate surface area is 151 Å². The fraction of sp³-hybridized carbons (Fsp3) is 0.263. The molecule has 0 bridgehead atoms. The second-order valence-electron chi connectivity index (χ2n) is 5.63. The molecule has 25 heavy (non-hydrogen) atoms. The minimum absolute atomic E-state index is 0.189. The van der Waals surface area contributed by atoms with Crippen LogP contribution in [0.15, 0.2) is 53.7 Å². The average Bonchev–Trinajstić information content (AvgIpc) is 3.00. The molecular formula is C19H20FN3OS. The Morgan fingerprint density at radius 3 is 2.52 bits per heavy atom. The van der Waals surface area contributed by atoms with Gasteiger partial charge in [-0.25, -0.2) is 4.39 Å². The van der Waals surface area contributed by atoms with Gasteiger partial charge in [-0.3, -0.25) is 0 Å². The summed E-state index contributed by atoms with van der Waals surface area (Å²) in [5.41, 5.74) is 1.98. The van der Waals surface area contributed by atoms with Gasteiger partial charge in [0, 0.05) is 12.3 Å². The number of methoxy groups -OCH3 is 1. The maximum absolute atomic E-state index is 13.2. The maximum Gasteiger partial charge on any atom is 0.191 e. The van der Waals surface area contributed by atoms with Crippen molar-refractivity contribution in [1.29, 1.82) is 0 Å². The molecule has 0 amide bonds. The molecule has 3 aromatic rings. The van der Waals surface area contributed by atoms with E-state index in [4.69, 9.17) is 4.74 Å². The first kappa shape index (κ1) is 17.5. The van der Waals surface area contributed by atoms with Gasteiger partial charge in [-0.2, -0.15) is 0 Å². The van der Waals surface area contributed by atoms with Crippen molar-refractivity contribution in [3.05, 3.63) is 59.9 Å². The van der Waals surface area contributed by atoms with Crippen molar-refractivity contribution in [2.45, 2.75) is 23.8 Å². The first-order valence-electron chi connectivity index (χ1n) is 8.09. The Morgan fingerprint density at radius 2 is 1.84 bits per heavy atom. The molecule has 1 atom stereocenters. The molecule has 6 heteroatoms. The molecule has 0 aliphatic heterocycles. The van der Waals surface area contributed by atoms with Crippen molar-refractivity contribution in [2.75, 3.05) is 7.11 Å². The van der Waals surface area contributed by atoms with Gasteiger partial charge in [0.25, 0.3) is 0 Å². The Kier molecular flexibility index (Phi) is 5.38. The summed E-state index contributed by atoms with van der Waals surface area (Å²) in [5, 5.41) is 9.69. The summed E-state index contributed by atoms with van der Waals surface area (Å²) in [5.74, 6) is 1.30. The third kappa shape index (κ3) is 3.69. The van der Waals surface area contributed by atoms with Crippen LogP contribution in [0.2, 0.25) is 0 Å². The van der Waals surface area contributed by atoms with E-state index in [1.165, 1.54) is 12.1 Å². The van der Waals surface area contributed by atoms with E-state index >= 15 is 0 Å². The Morgan fingerprint density at radius 1 is 1.12 bits per heavy atom. The molecule has 3 rings (SSSR count). The number of halogens is 1. The van der Waals surface area contributed by atoms with Gasteiger partial charge in [0.2, 0.25) is 0 Å². The largest absolute Gasteiger partial charge is 0.496 e. The minimum atomic E-state index is -0.222. The topological polar surface area (TPSA) is 39.9 Å². The highest BCUT2D eigenvalue weighted by Gasteiger charge is 2.19. The molecule has 0 N–H and O–H groups in total. The van der Waals surface area contributed by atoms with Crippen LogP contribution in [0.3, 0.4) is 0 Å². The molecule has 1 heterocycles.